The van der Waals surface area contributed by atoms with E-state index in [0.717, 1.165) is 72.7 Å². The van der Waals surface area contributed by atoms with Gasteiger partial charge in [-0.1, -0.05) is 121 Å². The fourth-order valence-corrected chi connectivity index (χ4v) is 6.99. The van der Waals surface area contributed by atoms with Gasteiger partial charge in [-0.2, -0.15) is 0 Å². The second kappa shape index (κ2) is 16.3. The van der Waals surface area contributed by atoms with Gasteiger partial charge in [-0.05, 0) is 78.1 Å². The maximum absolute atomic E-state index is 7.28. The summed E-state index contributed by atoms with van der Waals surface area (Å²) >= 11 is 0. The van der Waals surface area contributed by atoms with Crippen molar-refractivity contribution < 1.29 is 37.2 Å². The number of aryl methyl sites for hydroxylation is 3. The van der Waals surface area contributed by atoms with Gasteiger partial charge >= 0.3 is 0 Å². The van der Waals surface area contributed by atoms with E-state index in [-0.39, 0.29) is 31.2 Å². The molecule has 0 aliphatic heterocycles. The van der Waals surface area contributed by atoms with Gasteiger partial charge in [0, 0.05) is 63.1 Å². The monoisotopic (exact) mass is 922 g/mol. The topological polar surface area (TPSA) is 57.0 Å². The Kier molecular flexibility index (Phi) is 8.73. The van der Waals surface area contributed by atoms with Crippen LogP contribution < -0.4 is 0 Å². The van der Waals surface area contributed by atoms with Crippen molar-refractivity contribution in [1.29, 1.82) is 0 Å². The number of para-hydroxylation sites is 2. The fraction of sp³-hybridized carbons (Fsp3) is 0.0588. The van der Waals surface area contributed by atoms with Gasteiger partial charge in [0.15, 0.2) is 0 Å². The number of fused-ring (bicyclic) bond motifs is 2. The average Bonchev–Trinajstić information content (AvgIpc) is 4.06. The minimum absolute atomic E-state index is 0. The van der Waals surface area contributed by atoms with Crippen LogP contribution >= 0.6 is 0 Å². The fourth-order valence-electron chi connectivity index (χ4n) is 6.99. The standard InChI is InChI=1S/C38H25N2O2.C13H12N.Ir/c1-25-21-29(26-11-4-2-5-12-26)37(30(22-25)27-13-6-3-7-14-27)40-34-16-9-8-15-33(34)39-38(40)32-24-42-36-19-18-28(23-31(32)36)35-17-10-20-41-35;1-10-3-6-12(7-4-10)13-8-5-11(2)9-14-13;/h2-23H,1H3;3-6,8-9H,1-2H3;/q2*-1;/i;1D3,2D3;. The van der Waals surface area contributed by atoms with E-state index in [0.29, 0.717) is 11.3 Å². The summed E-state index contributed by atoms with van der Waals surface area (Å²) in [6, 6.07) is 54.3. The molecular weight excluding hydrogens is 879 g/mol. The van der Waals surface area contributed by atoms with Crippen molar-refractivity contribution in [3.63, 3.8) is 0 Å². The zero-order chi connectivity index (χ0) is 43.0. The third-order valence-corrected chi connectivity index (χ3v) is 9.60. The van der Waals surface area contributed by atoms with E-state index >= 15 is 0 Å². The molecule has 0 saturated carbocycles. The van der Waals surface area contributed by atoms with Crippen LogP contribution in [0.5, 0.6) is 0 Å². The van der Waals surface area contributed by atoms with Crippen molar-refractivity contribution in [2.75, 3.05) is 0 Å². The van der Waals surface area contributed by atoms with Crippen LogP contribution in [0.1, 0.15) is 24.9 Å². The largest absolute Gasteiger partial charge is 0.557 e. The van der Waals surface area contributed by atoms with Crippen molar-refractivity contribution in [2.24, 2.45) is 0 Å². The molecule has 0 bridgehead atoms. The number of rotatable bonds is 6. The molecule has 10 aromatic rings. The van der Waals surface area contributed by atoms with E-state index in [1.807, 2.05) is 30.3 Å². The van der Waals surface area contributed by atoms with Crippen molar-refractivity contribution in [3.05, 3.63) is 199 Å². The number of furan rings is 2. The van der Waals surface area contributed by atoms with Crippen LogP contribution in [-0.4, -0.2) is 14.5 Å². The van der Waals surface area contributed by atoms with Crippen molar-refractivity contribution in [1.82, 2.24) is 14.5 Å². The summed E-state index contributed by atoms with van der Waals surface area (Å²) in [5.74, 6) is 1.57. The molecule has 0 fully saturated rings. The third kappa shape index (κ3) is 7.53. The molecule has 57 heavy (non-hydrogen) atoms. The molecule has 5 nitrogen and oxygen atoms in total. The SMILES string of the molecule is Cc1cc(-c2ccccc2)c(-n2c(-c3[c-]oc4ccc(-c5ccco5)cc34)nc3ccccc32)c(-c2ccccc2)c1.[2H]C([2H])([2H])c1c[c-]c(-c2ccc(C([2H])([2H])[2H])cn2)cc1.[Ir]. The summed E-state index contributed by atoms with van der Waals surface area (Å²) < 4.78 is 57.6. The van der Waals surface area contributed by atoms with Crippen LogP contribution in [0.4, 0.5) is 0 Å². The number of pyridine rings is 1. The predicted octanol–water partition coefficient (Wildman–Crippen LogP) is 13.3. The Morgan fingerprint density at radius 3 is 2.04 bits per heavy atom. The summed E-state index contributed by atoms with van der Waals surface area (Å²) in [5, 5.41) is 0.926. The van der Waals surface area contributed by atoms with E-state index in [9.17, 15) is 0 Å². The molecule has 0 aliphatic rings. The molecule has 0 N–H and O–H groups in total. The Hall–Kier alpha value is -6.59. The molecule has 0 saturated heterocycles. The molecule has 4 heterocycles. The molecule has 0 aliphatic carbocycles. The Bertz CT molecular complexity index is 3020. The van der Waals surface area contributed by atoms with Crippen molar-refractivity contribution in [2.45, 2.75) is 20.6 Å². The van der Waals surface area contributed by atoms with Crippen LogP contribution in [0.2, 0.25) is 0 Å². The maximum Gasteiger partial charge on any atom is 0.133 e. The molecular formula is C51H37IrN3O2-2. The van der Waals surface area contributed by atoms with Crippen LogP contribution in [0.15, 0.2) is 179 Å². The minimum atomic E-state index is -2.18. The number of aromatic nitrogens is 3. The molecule has 0 spiro atoms. The summed E-state index contributed by atoms with van der Waals surface area (Å²) in [6.45, 7) is -2.18. The first-order valence-electron chi connectivity index (χ1n) is 21.1. The number of hydrogen-bond donors (Lipinski definition) is 0. The molecule has 10 rings (SSSR count). The second-order valence-corrected chi connectivity index (χ2v) is 13.4. The molecule has 0 amide bonds. The van der Waals surface area contributed by atoms with E-state index in [2.05, 4.69) is 126 Å². The number of hydrogen-bond acceptors (Lipinski definition) is 4. The van der Waals surface area contributed by atoms with E-state index < -0.39 is 13.7 Å². The minimum Gasteiger partial charge on any atom is -0.557 e. The predicted molar refractivity (Wildman–Crippen MR) is 226 cm³/mol. The first-order chi connectivity index (χ1) is 29.9. The molecule has 0 atom stereocenters. The first kappa shape index (κ1) is 30.6. The quantitative estimate of drug-likeness (QED) is 0.156. The van der Waals surface area contributed by atoms with E-state index in [1.165, 1.54) is 30.0 Å². The molecule has 1 radical (unpaired) electrons. The van der Waals surface area contributed by atoms with Gasteiger partial charge in [0.05, 0.1) is 28.8 Å². The average molecular weight is 922 g/mol. The van der Waals surface area contributed by atoms with Gasteiger partial charge in [0.2, 0.25) is 0 Å². The Labute approximate surface area is 354 Å². The second-order valence-electron chi connectivity index (χ2n) is 13.4. The van der Waals surface area contributed by atoms with Gasteiger partial charge in [0.25, 0.3) is 0 Å². The summed E-state index contributed by atoms with van der Waals surface area (Å²) in [6.07, 6.45) is 6.20. The van der Waals surface area contributed by atoms with Gasteiger partial charge in [-0.15, -0.1) is 35.4 Å². The smallest absolute Gasteiger partial charge is 0.133 e. The molecule has 4 aromatic heterocycles. The van der Waals surface area contributed by atoms with Crippen LogP contribution in [0.3, 0.4) is 0 Å². The van der Waals surface area contributed by atoms with Crippen LogP contribution in [0, 0.1) is 33.0 Å². The Morgan fingerprint density at radius 2 is 1.39 bits per heavy atom. The van der Waals surface area contributed by atoms with Gasteiger partial charge in [-0.25, -0.2) is 0 Å². The van der Waals surface area contributed by atoms with E-state index in [4.69, 9.17) is 22.0 Å². The van der Waals surface area contributed by atoms with Crippen molar-refractivity contribution in [3.8, 4) is 61.9 Å². The normalized spacial score (nSPS) is 12.9. The van der Waals surface area contributed by atoms with Crippen LogP contribution in [-0.2, 0) is 20.1 Å². The van der Waals surface area contributed by atoms with Gasteiger partial charge < -0.3 is 18.4 Å². The third-order valence-electron chi connectivity index (χ3n) is 9.60. The van der Waals surface area contributed by atoms with Crippen LogP contribution in [0.25, 0.3) is 83.9 Å². The summed E-state index contributed by atoms with van der Waals surface area (Å²) in [7, 11) is 0. The molecule has 6 aromatic carbocycles. The first-order valence-corrected chi connectivity index (χ1v) is 18.1. The molecule has 0 unspecified atom stereocenters. The van der Waals surface area contributed by atoms with Gasteiger partial charge in [-0.3, -0.25) is 4.98 Å². The zero-order valence-electron chi connectivity index (χ0n) is 36.7. The Balaban J connectivity index is 0.000000219. The van der Waals surface area contributed by atoms with Crippen molar-refractivity contribution >= 4 is 22.0 Å². The Morgan fingerprint density at radius 1 is 0.667 bits per heavy atom. The molecule has 6 heteroatoms. The van der Waals surface area contributed by atoms with E-state index in [1.54, 1.807) is 18.4 Å². The summed E-state index contributed by atoms with van der Waals surface area (Å²) in [4.78, 5) is 9.29. The number of nitrogens with zero attached hydrogens (tertiary/aromatic N) is 3. The summed E-state index contributed by atoms with van der Waals surface area (Å²) in [5.41, 5.74) is 12.7. The van der Waals surface area contributed by atoms with Gasteiger partial charge in [0.1, 0.15) is 5.76 Å². The zero-order valence-corrected chi connectivity index (χ0v) is 33.1. The maximum atomic E-state index is 7.28. The number of imidazole rings is 1. The molecule has 279 valence electrons. The number of benzene rings is 6.